The fourth-order valence-electron chi connectivity index (χ4n) is 3.05. The number of thiazole rings is 1. The molecule has 0 aliphatic rings. The molecule has 5 heteroatoms. The molecule has 0 fully saturated rings. The molecule has 0 saturated heterocycles. The molecule has 4 rings (SSSR count). The molecule has 134 valence electrons. The smallest absolute Gasteiger partial charge is 0.266 e. The standard InChI is InChI=1S/C22H19N3OS/c1-15(2)17-9-3-5-11-19(17)25(21(26)16-8-7-13-23-14-16)22-24-18-10-4-6-12-20(18)27-22/h3-15H,1-2H3. The Labute approximate surface area is 162 Å². The van der Waals surface area contributed by atoms with Crippen LogP contribution in [0.2, 0.25) is 0 Å². The van der Waals surface area contributed by atoms with Crippen molar-refractivity contribution in [3.05, 3.63) is 84.2 Å². The van der Waals surface area contributed by atoms with Gasteiger partial charge in [-0.2, -0.15) is 0 Å². The predicted octanol–water partition coefficient (Wildman–Crippen LogP) is 5.79. The van der Waals surface area contributed by atoms with E-state index in [9.17, 15) is 4.79 Å². The minimum absolute atomic E-state index is 0.129. The second-order valence-electron chi connectivity index (χ2n) is 6.56. The molecule has 0 bridgehead atoms. The maximum Gasteiger partial charge on any atom is 0.266 e. The van der Waals surface area contributed by atoms with Gasteiger partial charge in [-0.1, -0.05) is 55.5 Å². The van der Waals surface area contributed by atoms with Crippen LogP contribution in [0.5, 0.6) is 0 Å². The number of carbonyl (C=O) groups excluding carboxylic acids is 1. The second-order valence-corrected chi connectivity index (χ2v) is 7.57. The van der Waals surface area contributed by atoms with Crippen molar-refractivity contribution in [1.29, 1.82) is 0 Å². The SMILES string of the molecule is CC(C)c1ccccc1N(C(=O)c1cccnc1)c1nc2ccccc2s1. The molecule has 0 radical (unpaired) electrons. The Kier molecular flexibility index (Phi) is 4.69. The van der Waals surface area contributed by atoms with Crippen LogP contribution in [0.25, 0.3) is 10.2 Å². The first kappa shape index (κ1) is 17.4. The number of amides is 1. The summed E-state index contributed by atoms with van der Waals surface area (Å²) in [6.07, 6.45) is 3.27. The maximum absolute atomic E-state index is 13.4. The van der Waals surface area contributed by atoms with Gasteiger partial charge in [0.2, 0.25) is 0 Å². The van der Waals surface area contributed by atoms with E-state index in [1.165, 1.54) is 11.3 Å². The number of aromatic nitrogens is 2. The van der Waals surface area contributed by atoms with Crippen LogP contribution >= 0.6 is 11.3 Å². The molecule has 2 heterocycles. The van der Waals surface area contributed by atoms with Gasteiger partial charge in [0.25, 0.3) is 5.91 Å². The van der Waals surface area contributed by atoms with Gasteiger partial charge < -0.3 is 0 Å². The van der Waals surface area contributed by atoms with Crippen LogP contribution in [0.1, 0.15) is 35.7 Å². The largest absolute Gasteiger partial charge is 0.268 e. The highest BCUT2D eigenvalue weighted by molar-refractivity contribution is 7.22. The van der Waals surface area contributed by atoms with E-state index in [0.29, 0.717) is 10.7 Å². The van der Waals surface area contributed by atoms with E-state index in [-0.39, 0.29) is 11.8 Å². The molecule has 2 aromatic carbocycles. The summed E-state index contributed by atoms with van der Waals surface area (Å²) in [5.74, 6) is 0.148. The Hall–Kier alpha value is -3.05. The van der Waals surface area contributed by atoms with Gasteiger partial charge in [-0.15, -0.1) is 0 Å². The monoisotopic (exact) mass is 373 g/mol. The number of para-hydroxylation sites is 2. The summed E-state index contributed by atoms with van der Waals surface area (Å²) in [5.41, 5.74) is 3.40. The topological polar surface area (TPSA) is 46.1 Å². The molecule has 0 aliphatic carbocycles. The lowest BCUT2D eigenvalue weighted by Gasteiger charge is -2.24. The van der Waals surface area contributed by atoms with E-state index in [0.717, 1.165) is 21.5 Å². The van der Waals surface area contributed by atoms with Crippen molar-refractivity contribution in [2.24, 2.45) is 0 Å². The van der Waals surface area contributed by atoms with Crippen molar-refractivity contribution >= 4 is 38.3 Å². The van der Waals surface area contributed by atoms with E-state index in [4.69, 9.17) is 4.98 Å². The molecule has 0 aliphatic heterocycles. The first-order chi connectivity index (χ1) is 13.1. The maximum atomic E-state index is 13.4. The summed E-state index contributed by atoms with van der Waals surface area (Å²) in [6, 6.07) is 19.5. The first-order valence-electron chi connectivity index (χ1n) is 8.84. The van der Waals surface area contributed by atoms with Crippen LogP contribution in [0.15, 0.2) is 73.1 Å². The van der Waals surface area contributed by atoms with Gasteiger partial charge in [-0.05, 0) is 41.8 Å². The number of anilines is 2. The van der Waals surface area contributed by atoms with Gasteiger partial charge in [0.15, 0.2) is 5.13 Å². The highest BCUT2D eigenvalue weighted by atomic mass is 32.1. The lowest BCUT2D eigenvalue weighted by atomic mass is 10.0. The molecule has 4 nitrogen and oxygen atoms in total. The quantitative estimate of drug-likeness (QED) is 0.454. The minimum atomic E-state index is -0.129. The van der Waals surface area contributed by atoms with Crippen molar-refractivity contribution in [2.45, 2.75) is 19.8 Å². The molecule has 2 aromatic heterocycles. The number of carbonyl (C=O) groups is 1. The fraction of sp³-hybridized carbons (Fsp3) is 0.136. The Balaban J connectivity index is 1.92. The van der Waals surface area contributed by atoms with Crippen LogP contribution in [0.3, 0.4) is 0 Å². The molecule has 4 aromatic rings. The van der Waals surface area contributed by atoms with Gasteiger partial charge >= 0.3 is 0 Å². The summed E-state index contributed by atoms with van der Waals surface area (Å²) >= 11 is 1.52. The minimum Gasteiger partial charge on any atom is -0.268 e. The van der Waals surface area contributed by atoms with Gasteiger partial charge in [-0.25, -0.2) is 4.98 Å². The Morgan fingerprint density at radius 3 is 2.52 bits per heavy atom. The third-order valence-corrected chi connectivity index (χ3v) is 5.41. The average Bonchev–Trinajstić information content (AvgIpc) is 3.12. The zero-order chi connectivity index (χ0) is 18.8. The van der Waals surface area contributed by atoms with Crippen molar-refractivity contribution < 1.29 is 4.79 Å². The van der Waals surface area contributed by atoms with E-state index in [2.05, 4.69) is 24.9 Å². The molecule has 1 amide bonds. The third-order valence-electron chi connectivity index (χ3n) is 4.39. The molecular formula is C22H19N3OS. The molecule has 0 saturated carbocycles. The van der Waals surface area contributed by atoms with Crippen molar-refractivity contribution in [1.82, 2.24) is 9.97 Å². The fourth-order valence-corrected chi connectivity index (χ4v) is 4.03. The van der Waals surface area contributed by atoms with Crippen LogP contribution in [0, 0.1) is 0 Å². The number of benzene rings is 2. The van der Waals surface area contributed by atoms with Gasteiger partial charge in [0, 0.05) is 12.4 Å². The lowest BCUT2D eigenvalue weighted by molar-refractivity contribution is 0.0998. The zero-order valence-electron chi connectivity index (χ0n) is 15.2. The Bertz CT molecular complexity index is 1060. The van der Waals surface area contributed by atoms with Gasteiger partial charge in [0.1, 0.15) is 0 Å². The van der Waals surface area contributed by atoms with Crippen LogP contribution in [-0.2, 0) is 0 Å². The number of fused-ring (bicyclic) bond motifs is 1. The zero-order valence-corrected chi connectivity index (χ0v) is 16.0. The number of hydrogen-bond acceptors (Lipinski definition) is 4. The van der Waals surface area contributed by atoms with Crippen LogP contribution in [0.4, 0.5) is 10.8 Å². The van der Waals surface area contributed by atoms with Gasteiger partial charge in [0.05, 0.1) is 21.5 Å². The van der Waals surface area contributed by atoms with Gasteiger partial charge in [-0.3, -0.25) is 14.7 Å². The highest BCUT2D eigenvalue weighted by Gasteiger charge is 2.26. The number of pyridine rings is 1. The number of rotatable bonds is 4. The summed E-state index contributed by atoms with van der Waals surface area (Å²) in [4.78, 5) is 24.0. The average molecular weight is 373 g/mol. The number of hydrogen-bond donors (Lipinski definition) is 0. The highest BCUT2D eigenvalue weighted by Crippen LogP contribution is 2.38. The van der Waals surface area contributed by atoms with E-state index < -0.39 is 0 Å². The summed E-state index contributed by atoms with van der Waals surface area (Å²) in [7, 11) is 0. The second kappa shape index (κ2) is 7.29. The molecule has 0 N–H and O–H groups in total. The molecule has 0 unspecified atom stereocenters. The normalized spacial score (nSPS) is 11.1. The summed E-state index contributed by atoms with van der Waals surface area (Å²) < 4.78 is 1.05. The predicted molar refractivity (Wildman–Crippen MR) is 111 cm³/mol. The first-order valence-corrected chi connectivity index (χ1v) is 9.66. The lowest BCUT2D eigenvalue weighted by Crippen LogP contribution is -2.27. The van der Waals surface area contributed by atoms with Crippen molar-refractivity contribution in [3.8, 4) is 0 Å². The molecular weight excluding hydrogens is 354 g/mol. The summed E-state index contributed by atoms with van der Waals surface area (Å²) in [6.45, 7) is 4.26. The molecule has 27 heavy (non-hydrogen) atoms. The Morgan fingerprint density at radius 2 is 1.78 bits per heavy atom. The molecule has 0 atom stereocenters. The van der Waals surface area contributed by atoms with E-state index in [1.54, 1.807) is 29.4 Å². The van der Waals surface area contributed by atoms with Crippen LogP contribution < -0.4 is 4.90 Å². The number of nitrogens with zero attached hydrogens (tertiary/aromatic N) is 3. The van der Waals surface area contributed by atoms with E-state index >= 15 is 0 Å². The van der Waals surface area contributed by atoms with Crippen molar-refractivity contribution in [3.63, 3.8) is 0 Å². The summed E-state index contributed by atoms with van der Waals surface area (Å²) in [5, 5.41) is 0.665. The molecule has 0 spiro atoms. The van der Waals surface area contributed by atoms with E-state index in [1.807, 2.05) is 42.5 Å². The van der Waals surface area contributed by atoms with Crippen LogP contribution in [-0.4, -0.2) is 15.9 Å². The third kappa shape index (κ3) is 3.34. The Morgan fingerprint density at radius 1 is 1.00 bits per heavy atom. The van der Waals surface area contributed by atoms with Crippen molar-refractivity contribution in [2.75, 3.05) is 4.90 Å².